The molecule has 0 aromatic heterocycles. The predicted octanol–water partition coefficient (Wildman–Crippen LogP) is 6.30. The van der Waals surface area contributed by atoms with Gasteiger partial charge in [-0.2, -0.15) is 0 Å². The minimum absolute atomic E-state index is 0.0496. The second-order valence-corrected chi connectivity index (χ2v) is 9.77. The van der Waals surface area contributed by atoms with E-state index in [1.165, 1.54) is 5.56 Å². The zero-order chi connectivity index (χ0) is 22.7. The van der Waals surface area contributed by atoms with Gasteiger partial charge in [0.1, 0.15) is 11.5 Å². The first kappa shape index (κ1) is 20.8. The molecule has 5 rings (SSSR count). The molecule has 2 aliphatic heterocycles. The van der Waals surface area contributed by atoms with Gasteiger partial charge in [-0.15, -0.1) is 0 Å². The molecular formula is C27H25ClN2O2. The summed E-state index contributed by atoms with van der Waals surface area (Å²) in [5.74, 6) is 0.709. The number of ether oxygens (including phenoxy) is 1. The molecule has 2 aliphatic rings. The van der Waals surface area contributed by atoms with E-state index in [0.29, 0.717) is 5.71 Å². The fraction of sp³-hybridized carbons (Fsp3) is 0.259. The van der Waals surface area contributed by atoms with Crippen LogP contribution >= 0.6 is 11.6 Å². The van der Waals surface area contributed by atoms with Crippen molar-refractivity contribution in [3.8, 4) is 5.75 Å². The number of benzene rings is 3. The molecule has 0 spiro atoms. The van der Waals surface area contributed by atoms with Crippen LogP contribution in [0.1, 0.15) is 43.9 Å². The van der Waals surface area contributed by atoms with Crippen molar-refractivity contribution in [1.29, 1.82) is 0 Å². The van der Waals surface area contributed by atoms with Crippen LogP contribution in [0.4, 0.5) is 11.4 Å². The van der Waals surface area contributed by atoms with Gasteiger partial charge in [0.2, 0.25) is 0 Å². The van der Waals surface area contributed by atoms with Gasteiger partial charge in [0.05, 0.1) is 18.5 Å². The van der Waals surface area contributed by atoms with Gasteiger partial charge < -0.3 is 9.64 Å². The van der Waals surface area contributed by atoms with Gasteiger partial charge in [0.25, 0.3) is 5.91 Å². The van der Waals surface area contributed by atoms with Crippen molar-refractivity contribution in [1.82, 2.24) is 0 Å². The molecule has 0 fully saturated rings. The van der Waals surface area contributed by atoms with Crippen molar-refractivity contribution in [2.75, 3.05) is 12.0 Å². The smallest absolute Gasteiger partial charge is 0.278 e. The Balaban J connectivity index is 1.70. The number of methoxy groups -OCH3 is 1. The number of carbonyl (C=O) groups excluding carboxylic acids is 1. The lowest BCUT2D eigenvalue weighted by Gasteiger charge is -2.49. The van der Waals surface area contributed by atoms with Crippen LogP contribution in [0.5, 0.6) is 5.75 Å². The number of hydrogen-bond donors (Lipinski definition) is 0. The van der Waals surface area contributed by atoms with Crippen LogP contribution in [0.25, 0.3) is 0 Å². The van der Waals surface area contributed by atoms with Gasteiger partial charge in [0, 0.05) is 21.5 Å². The Hall–Kier alpha value is -3.11. The van der Waals surface area contributed by atoms with E-state index >= 15 is 0 Å². The molecule has 0 unspecified atom stereocenters. The summed E-state index contributed by atoms with van der Waals surface area (Å²) >= 11 is 6.17. The molecule has 32 heavy (non-hydrogen) atoms. The summed E-state index contributed by atoms with van der Waals surface area (Å²) in [5.41, 5.74) is 4.76. The van der Waals surface area contributed by atoms with Gasteiger partial charge in [0.15, 0.2) is 0 Å². The van der Waals surface area contributed by atoms with Crippen LogP contribution in [-0.4, -0.2) is 24.3 Å². The van der Waals surface area contributed by atoms with Crippen molar-refractivity contribution >= 4 is 34.6 Å². The van der Waals surface area contributed by atoms with Gasteiger partial charge in [-0.3, -0.25) is 4.79 Å². The summed E-state index contributed by atoms with van der Waals surface area (Å²) in [7, 11) is 1.63. The number of amides is 1. The molecule has 0 saturated heterocycles. The maximum Gasteiger partial charge on any atom is 0.278 e. The molecule has 3 aromatic rings. The number of para-hydroxylation sites is 1. The molecule has 1 amide bonds. The van der Waals surface area contributed by atoms with Crippen molar-refractivity contribution in [3.63, 3.8) is 0 Å². The standard InChI is InChI=1S/C27H25ClN2O2/c1-26(2)16-27(3,17-8-10-18(28)11-9-17)22-7-5-6-21-23(25(31)30(26)24(21)22)29-19-12-14-20(32-4)15-13-19/h5-15H,16H2,1-4H3/t27-/m1/s1. The SMILES string of the molecule is COc1ccc(N=C2C(=O)N3c4c2cccc4[C@@](C)(c2ccc(Cl)cc2)CC3(C)C)cc1. The molecular weight excluding hydrogens is 420 g/mol. The molecule has 2 heterocycles. The lowest BCUT2D eigenvalue weighted by molar-refractivity contribution is -0.113. The molecule has 0 N–H and O–H groups in total. The second-order valence-electron chi connectivity index (χ2n) is 9.33. The monoisotopic (exact) mass is 444 g/mol. The third-order valence-corrected chi connectivity index (χ3v) is 6.95. The van der Waals surface area contributed by atoms with Crippen LogP contribution in [0, 0.1) is 0 Å². The Kier molecular flexibility index (Phi) is 4.68. The highest BCUT2D eigenvalue weighted by molar-refractivity contribution is 6.55. The van der Waals surface area contributed by atoms with Crippen LogP contribution in [0.2, 0.25) is 5.02 Å². The number of halogens is 1. The molecule has 162 valence electrons. The molecule has 0 aliphatic carbocycles. The summed E-state index contributed by atoms with van der Waals surface area (Å²) in [6.45, 7) is 6.53. The minimum Gasteiger partial charge on any atom is -0.497 e. The molecule has 0 saturated carbocycles. The summed E-state index contributed by atoms with van der Waals surface area (Å²) < 4.78 is 5.24. The van der Waals surface area contributed by atoms with Crippen LogP contribution < -0.4 is 9.64 Å². The Morgan fingerprint density at radius 3 is 2.31 bits per heavy atom. The Morgan fingerprint density at radius 1 is 0.969 bits per heavy atom. The van der Waals surface area contributed by atoms with E-state index in [0.717, 1.165) is 39.7 Å². The highest BCUT2D eigenvalue weighted by atomic mass is 35.5. The largest absolute Gasteiger partial charge is 0.497 e. The quantitative estimate of drug-likeness (QED) is 0.475. The van der Waals surface area contributed by atoms with Crippen molar-refractivity contribution < 1.29 is 9.53 Å². The van der Waals surface area contributed by atoms with Gasteiger partial charge in [-0.1, -0.05) is 48.9 Å². The van der Waals surface area contributed by atoms with E-state index < -0.39 is 0 Å². The molecule has 5 heteroatoms. The minimum atomic E-state index is -0.383. The predicted molar refractivity (Wildman–Crippen MR) is 130 cm³/mol. The molecule has 0 bridgehead atoms. The topological polar surface area (TPSA) is 41.9 Å². The highest BCUT2D eigenvalue weighted by Gasteiger charge is 2.53. The summed E-state index contributed by atoms with van der Waals surface area (Å²) in [5, 5.41) is 0.719. The third-order valence-electron chi connectivity index (χ3n) is 6.70. The lowest BCUT2D eigenvalue weighted by Crippen LogP contribution is -2.54. The van der Waals surface area contributed by atoms with Crippen molar-refractivity contribution in [3.05, 3.63) is 88.4 Å². The first-order valence-electron chi connectivity index (χ1n) is 10.7. The number of aliphatic imine (C=N–C) groups is 1. The summed E-state index contributed by atoms with van der Waals surface area (Å²) in [6.07, 6.45) is 0.791. The van der Waals surface area contributed by atoms with E-state index in [1.54, 1.807) is 7.11 Å². The number of carbonyl (C=O) groups is 1. The molecule has 4 nitrogen and oxygen atoms in total. The van der Waals surface area contributed by atoms with E-state index in [-0.39, 0.29) is 16.9 Å². The van der Waals surface area contributed by atoms with E-state index in [2.05, 4.69) is 39.0 Å². The Labute approximate surface area is 193 Å². The number of rotatable bonds is 3. The van der Waals surface area contributed by atoms with Crippen molar-refractivity contribution in [2.24, 2.45) is 4.99 Å². The van der Waals surface area contributed by atoms with Crippen LogP contribution in [-0.2, 0) is 10.2 Å². The normalized spacial score (nSPS) is 22.2. The zero-order valence-corrected chi connectivity index (χ0v) is 19.4. The van der Waals surface area contributed by atoms with Gasteiger partial charge >= 0.3 is 0 Å². The fourth-order valence-corrected chi connectivity index (χ4v) is 5.46. The summed E-state index contributed by atoms with van der Waals surface area (Å²) in [4.78, 5) is 20.4. The molecule has 3 aromatic carbocycles. The van der Waals surface area contributed by atoms with Crippen LogP contribution in [0.15, 0.2) is 71.7 Å². The highest BCUT2D eigenvalue weighted by Crippen LogP contribution is 2.54. The number of nitrogens with zero attached hydrogens (tertiary/aromatic N) is 2. The Morgan fingerprint density at radius 2 is 1.66 bits per heavy atom. The first-order valence-corrected chi connectivity index (χ1v) is 11.1. The number of hydrogen-bond acceptors (Lipinski definition) is 3. The first-order chi connectivity index (χ1) is 15.2. The second kappa shape index (κ2) is 7.21. The fourth-order valence-electron chi connectivity index (χ4n) is 5.33. The average molecular weight is 445 g/mol. The third kappa shape index (κ3) is 3.05. The van der Waals surface area contributed by atoms with E-state index in [4.69, 9.17) is 21.3 Å². The van der Waals surface area contributed by atoms with Crippen molar-refractivity contribution in [2.45, 2.75) is 38.1 Å². The molecule has 1 atom stereocenters. The van der Waals surface area contributed by atoms with Gasteiger partial charge in [-0.05, 0) is 67.8 Å². The van der Waals surface area contributed by atoms with E-state index in [9.17, 15) is 4.79 Å². The van der Waals surface area contributed by atoms with Gasteiger partial charge in [-0.25, -0.2) is 4.99 Å². The number of anilines is 1. The maximum atomic E-state index is 13.7. The lowest BCUT2D eigenvalue weighted by atomic mass is 9.65. The van der Waals surface area contributed by atoms with E-state index in [1.807, 2.05) is 53.4 Å². The van der Waals surface area contributed by atoms with Crippen LogP contribution in [0.3, 0.4) is 0 Å². The Bertz CT molecular complexity index is 1250. The average Bonchev–Trinajstić information content (AvgIpc) is 3.06. The molecule has 0 radical (unpaired) electrons. The zero-order valence-electron chi connectivity index (χ0n) is 18.6. The summed E-state index contributed by atoms with van der Waals surface area (Å²) in [6, 6.07) is 21.7. The maximum absolute atomic E-state index is 13.7.